The molecule has 0 N–H and O–H groups in total. The highest BCUT2D eigenvalue weighted by atomic mass is 14.7. The molecule has 7 aromatic heterocycles. The Labute approximate surface area is 220 Å². The maximum atomic E-state index is 4.88. The molecule has 0 fully saturated rings. The molecule has 0 saturated carbocycles. The summed E-state index contributed by atoms with van der Waals surface area (Å²) in [5.41, 5.74) is 3.75. The molecule has 0 aliphatic rings. The summed E-state index contributed by atoms with van der Waals surface area (Å²) in [5, 5.41) is 9.47. The highest BCUT2D eigenvalue weighted by Gasteiger charge is 1.99. The molecule has 0 aliphatic heterocycles. The molecule has 0 aliphatic carbocycles. The molecule has 6 aromatic carbocycles. The molecule has 2 heteroatoms. The zero-order valence-corrected chi connectivity index (χ0v) is 20.8. The maximum absolute atomic E-state index is 4.88. The van der Waals surface area contributed by atoms with Crippen LogP contribution in [0.5, 0.6) is 0 Å². The van der Waals surface area contributed by atoms with Crippen molar-refractivity contribution in [3.8, 4) is 0 Å². The van der Waals surface area contributed by atoms with E-state index in [0.29, 0.717) is 0 Å². The summed E-state index contributed by atoms with van der Waals surface area (Å²) in [6.07, 6.45) is 0. The van der Waals surface area contributed by atoms with E-state index in [4.69, 9.17) is 9.97 Å². The van der Waals surface area contributed by atoms with Gasteiger partial charge in [0, 0.05) is 0 Å². The van der Waals surface area contributed by atoms with Crippen molar-refractivity contribution in [2.75, 3.05) is 0 Å². The minimum absolute atomic E-state index is 0.938. The van der Waals surface area contributed by atoms with Crippen molar-refractivity contribution in [3.05, 3.63) is 146 Å². The third-order valence-corrected chi connectivity index (χ3v) is 7.08. The third kappa shape index (κ3) is 4.23. The lowest BCUT2D eigenvalue weighted by atomic mass is 10.0. The zero-order valence-electron chi connectivity index (χ0n) is 20.8. The Morgan fingerprint density at radius 2 is 0.447 bits per heavy atom. The first-order valence-electron chi connectivity index (χ1n) is 12.8. The topological polar surface area (TPSA) is 25.8 Å². The Balaban J connectivity index is 1.58. The van der Waals surface area contributed by atoms with E-state index in [1.54, 1.807) is 0 Å². The van der Waals surface area contributed by atoms with Crippen molar-refractivity contribution in [2.24, 2.45) is 0 Å². The van der Waals surface area contributed by atoms with Crippen molar-refractivity contribution < 1.29 is 0 Å². The van der Waals surface area contributed by atoms with Gasteiger partial charge in [0.05, 0.1) is 22.1 Å². The highest BCUT2D eigenvalue weighted by Crippen LogP contribution is 2.24. The van der Waals surface area contributed by atoms with Crippen LogP contribution in [0.15, 0.2) is 146 Å². The summed E-state index contributed by atoms with van der Waals surface area (Å²) in [6, 6.07) is 51.0. The van der Waals surface area contributed by atoms with E-state index < -0.39 is 0 Å². The predicted molar refractivity (Wildman–Crippen MR) is 162 cm³/mol. The van der Waals surface area contributed by atoms with Gasteiger partial charge in [-0.05, 0) is 91.6 Å². The van der Waals surface area contributed by atoms with Gasteiger partial charge < -0.3 is 0 Å². The standard InChI is InChI=1S/C36H24N2/c1-2-6-34-26-11-19-30(20-12-26)38-32-23-15-28(16-24-32)36-8-4-3-7-35(36)27-13-21-31(22-14-27)37-29-17-9-25(10-18-29)33(34)5-1/h1-24H. The van der Waals surface area contributed by atoms with Gasteiger partial charge in [-0.25, -0.2) is 9.97 Å². The Kier molecular flexibility index (Phi) is 5.49. The van der Waals surface area contributed by atoms with Crippen LogP contribution in [0.1, 0.15) is 0 Å². The lowest BCUT2D eigenvalue weighted by Gasteiger charge is -2.01. The average Bonchev–Trinajstić information content (AvgIpc) is 2.99. The molecule has 2 nitrogen and oxygen atoms in total. The number of benzene rings is 6. The Bertz CT molecular complexity index is 1760. The quantitative estimate of drug-likeness (QED) is 0.214. The van der Waals surface area contributed by atoms with Crippen LogP contribution in [-0.4, -0.2) is 9.97 Å². The molecule has 13 aromatic rings. The minimum atomic E-state index is 0.938. The fourth-order valence-electron chi connectivity index (χ4n) is 5.13. The molecule has 0 unspecified atom stereocenters. The van der Waals surface area contributed by atoms with Gasteiger partial charge in [-0.2, -0.15) is 0 Å². The Hall–Kier alpha value is -5.08. The molecule has 0 radical (unpaired) electrons. The van der Waals surface area contributed by atoms with Gasteiger partial charge >= 0.3 is 0 Å². The van der Waals surface area contributed by atoms with E-state index in [2.05, 4.69) is 146 Å². The zero-order chi connectivity index (χ0) is 25.3. The molecule has 7 heterocycles. The first-order valence-corrected chi connectivity index (χ1v) is 12.8. The SMILES string of the molecule is c1ccc2c3ccc(cc3)nc3ccc(cc3)c3ccccc3c3ccc(cc3)nc3ccc(cc3)c2c1. The molecular weight excluding hydrogens is 460 g/mol. The van der Waals surface area contributed by atoms with Gasteiger partial charge in [0.2, 0.25) is 0 Å². The fraction of sp³-hybridized carbons (Fsp3) is 0. The lowest BCUT2D eigenvalue weighted by molar-refractivity contribution is 1.49. The molecule has 38 heavy (non-hydrogen) atoms. The number of hydrogen-bond donors (Lipinski definition) is 0. The van der Waals surface area contributed by atoms with Gasteiger partial charge in [0.25, 0.3) is 0 Å². The summed E-state index contributed by atoms with van der Waals surface area (Å²) in [5.74, 6) is 0. The molecule has 0 spiro atoms. The van der Waals surface area contributed by atoms with Gasteiger partial charge in [0.15, 0.2) is 0 Å². The van der Waals surface area contributed by atoms with Crippen LogP contribution in [-0.2, 0) is 0 Å². The second kappa shape index (κ2) is 9.42. The van der Waals surface area contributed by atoms with Crippen LogP contribution in [0, 0.1) is 0 Å². The molecule has 0 amide bonds. The molecule has 8 bridgehead atoms. The Morgan fingerprint density at radius 3 is 0.658 bits per heavy atom. The maximum Gasteiger partial charge on any atom is 0.0637 e. The number of aromatic nitrogens is 2. The van der Waals surface area contributed by atoms with E-state index in [0.717, 1.165) is 22.1 Å². The first-order chi connectivity index (χ1) is 18.8. The van der Waals surface area contributed by atoms with E-state index in [-0.39, 0.29) is 0 Å². The smallest absolute Gasteiger partial charge is 0.0637 e. The largest absolute Gasteiger partial charge is 0.249 e. The lowest BCUT2D eigenvalue weighted by Crippen LogP contribution is -1.78. The summed E-state index contributed by atoms with van der Waals surface area (Å²) < 4.78 is 0. The predicted octanol–water partition coefficient (Wildman–Crippen LogP) is 9.64. The van der Waals surface area contributed by atoms with Crippen LogP contribution in [0.4, 0.5) is 0 Å². The van der Waals surface area contributed by atoms with Crippen molar-refractivity contribution in [1.29, 1.82) is 0 Å². The van der Waals surface area contributed by atoms with Crippen LogP contribution in [0.2, 0.25) is 0 Å². The van der Waals surface area contributed by atoms with Crippen LogP contribution in [0.3, 0.4) is 0 Å². The van der Waals surface area contributed by atoms with Crippen LogP contribution in [0.25, 0.3) is 65.2 Å². The third-order valence-electron chi connectivity index (χ3n) is 7.08. The van der Waals surface area contributed by atoms with Gasteiger partial charge in [-0.3, -0.25) is 0 Å². The molecule has 178 valence electrons. The number of rotatable bonds is 0. The number of nitrogens with zero attached hydrogens (tertiary/aromatic N) is 2. The average molecular weight is 485 g/mol. The van der Waals surface area contributed by atoms with Gasteiger partial charge in [0.1, 0.15) is 0 Å². The summed E-state index contributed by atoms with van der Waals surface area (Å²) in [7, 11) is 0. The second-order valence-electron chi connectivity index (χ2n) is 9.50. The normalized spacial score (nSPS) is 11.2. The number of hydrogen-bond acceptors (Lipinski definition) is 2. The summed E-state index contributed by atoms with van der Waals surface area (Å²) >= 11 is 0. The van der Waals surface area contributed by atoms with Crippen molar-refractivity contribution >= 4 is 65.2 Å². The monoisotopic (exact) mass is 484 g/mol. The molecular formula is C36H24N2. The highest BCUT2D eigenvalue weighted by molar-refractivity contribution is 6.06. The summed E-state index contributed by atoms with van der Waals surface area (Å²) in [6.45, 7) is 0. The second-order valence-corrected chi connectivity index (χ2v) is 9.50. The van der Waals surface area contributed by atoms with Crippen LogP contribution < -0.4 is 0 Å². The van der Waals surface area contributed by atoms with E-state index in [9.17, 15) is 0 Å². The molecule has 0 saturated heterocycles. The van der Waals surface area contributed by atoms with Crippen molar-refractivity contribution in [2.45, 2.75) is 0 Å². The van der Waals surface area contributed by atoms with Crippen molar-refractivity contribution in [1.82, 2.24) is 9.97 Å². The summed E-state index contributed by atoms with van der Waals surface area (Å²) in [4.78, 5) is 9.75. The fourth-order valence-corrected chi connectivity index (χ4v) is 5.13. The van der Waals surface area contributed by atoms with E-state index in [1.165, 1.54) is 43.1 Å². The van der Waals surface area contributed by atoms with Crippen LogP contribution >= 0.6 is 0 Å². The van der Waals surface area contributed by atoms with Gasteiger partial charge in [-0.15, -0.1) is 0 Å². The van der Waals surface area contributed by atoms with E-state index in [1.807, 2.05) is 0 Å². The Morgan fingerprint density at radius 1 is 0.237 bits per heavy atom. The first kappa shape index (κ1) is 22.1. The van der Waals surface area contributed by atoms with Crippen molar-refractivity contribution in [3.63, 3.8) is 0 Å². The minimum Gasteiger partial charge on any atom is -0.249 e. The van der Waals surface area contributed by atoms with E-state index >= 15 is 0 Å². The van der Waals surface area contributed by atoms with Gasteiger partial charge in [-0.1, -0.05) is 97.1 Å². The molecule has 13 rings (SSSR count). The molecule has 0 atom stereocenters.